The normalized spacial score (nSPS) is 10.8. The van der Waals surface area contributed by atoms with E-state index in [0.29, 0.717) is 5.02 Å². The number of rotatable bonds is 8. The van der Waals surface area contributed by atoms with E-state index in [4.69, 9.17) is 26.6 Å². The van der Waals surface area contributed by atoms with Crippen LogP contribution in [0.1, 0.15) is 72.5 Å². The molecule has 0 spiro atoms. The molecule has 0 aliphatic rings. The number of aromatic nitrogens is 1. The van der Waals surface area contributed by atoms with E-state index in [1.807, 2.05) is 24.6 Å². The van der Waals surface area contributed by atoms with E-state index in [1.54, 1.807) is 0 Å². The van der Waals surface area contributed by atoms with Crippen LogP contribution in [0.3, 0.4) is 0 Å². The van der Waals surface area contributed by atoms with Crippen molar-refractivity contribution in [1.82, 2.24) is 4.98 Å². The predicted octanol–water partition coefficient (Wildman–Crippen LogP) is 2.11. The van der Waals surface area contributed by atoms with Gasteiger partial charge >= 0.3 is 17.1 Å². The molecular weight excluding hydrogens is 553 g/mol. The zero-order valence-corrected chi connectivity index (χ0v) is 25.1. The van der Waals surface area contributed by atoms with E-state index in [1.165, 1.54) is 33.4 Å². The van der Waals surface area contributed by atoms with Crippen LogP contribution < -0.4 is 24.8 Å². The van der Waals surface area contributed by atoms with Crippen LogP contribution in [0, 0.1) is 13.8 Å². The van der Waals surface area contributed by atoms with E-state index < -0.39 is 0 Å². The van der Waals surface area contributed by atoms with E-state index in [2.05, 4.69) is 65.8 Å². The first-order valence-electron chi connectivity index (χ1n) is 11.9. The summed E-state index contributed by atoms with van der Waals surface area (Å²) in [5.74, 6) is 0. The molecule has 3 nitrogen and oxygen atoms in total. The summed E-state index contributed by atoms with van der Waals surface area (Å²) in [5, 5.41) is 0.624. The summed E-state index contributed by atoms with van der Waals surface area (Å²) in [6.07, 6.45) is 7.40. The molecule has 0 amide bonds. The van der Waals surface area contributed by atoms with E-state index in [9.17, 15) is 0 Å². The standard InChI is InChI=1S/C29H34ClN3.2ClH.Fe/c1-7-21-11-19(5)12-22(8-2)28(21)31-17-26-15-25(30)16-27(33-26)18-32-29-23(9-3)13-20(6)14-24(29)10-4;;;/h11-18H,7-10H2,1-6H3;2*1H;/q;;;+2/p-2. The second kappa shape index (κ2) is 16.2. The van der Waals surface area contributed by atoms with Gasteiger partial charge in [-0.05, 0) is 73.9 Å². The number of benzene rings is 2. The molecule has 3 aromatic rings. The Hall–Kier alpha value is -1.68. The van der Waals surface area contributed by atoms with E-state index >= 15 is 0 Å². The van der Waals surface area contributed by atoms with Gasteiger partial charge in [0.15, 0.2) is 0 Å². The first-order valence-corrected chi connectivity index (χ1v) is 12.3. The Kier molecular flexibility index (Phi) is 15.5. The molecule has 0 unspecified atom stereocenters. The quantitative estimate of drug-likeness (QED) is 0.295. The molecule has 7 heteroatoms. The van der Waals surface area contributed by atoms with Crippen molar-refractivity contribution in [1.29, 1.82) is 0 Å². The maximum absolute atomic E-state index is 6.43. The minimum atomic E-state index is 0. The van der Waals surface area contributed by atoms with Crippen molar-refractivity contribution in [3.63, 3.8) is 0 Å². The molecular formula is C29H34Cl3FeN3. The van der Waals surface area contributed by atoms with Gasteiger partial charge in [-0.15, -0.1) is 0 Å². The van der Waals surface area contributed by atoms with Gasteiger partial charge in [-0.25, -0.2) is 4.98 Å². The van der Waals surface area contributed by atoms with Crippen LogP contribution in [-0.2, 0) is 42.8 Å². The Morgan fingerprint density at radius 1 is 0.639 bits per heavy atom. The van der Waals surface area contributed by atoms with Gasteiger partial charge in [0.2, 0.25) is 0 Å². The number of pyridine rings is 1. The van der Waals surface area contributed by atoms with Crippen molar-refractivity contribution < 1.29 is 41.9 Å². The summed E-state index contributed by atoms with van der Waals surface area (Å²) < 4.78 is 0. The summed E-state index contributed by atoms with van der Waals surface area (Å²) in [4.78, 5) is 14.4. The average Bonchev–Trinajstić information content (AvgIpc) is 2.80. The monoisotopic (exact) mass is 585 g/mol. The van der Waals surface area contributed by atoms with Crippen molar-refractivity contribution in [2.45, 2.75) is 67.2 Å². The largest absolute Gasteiger partial charge is 2.00 e. The van der Waals surface area contributed by atoms with Crippen LogP contribution in [0.4, 0.5) is 11.4 Å². The number of aliphatic imine (C=N–C) groups is 2. The van der Waals surface area contributed by atoms with Gasteiger partial charge in [0.05, 0.1) is 35.2 Å². The van der Waals surface area contributed by atoms with Crippen LogP contribution >= 0.6 is 11.6 Å². The first kappa shape index (κ1) is 34.3. The van der Waals surface area contributed by atoms with Crippen LogP contribution in [0.2, 0.25) is 5.02 Å². The summed E-state index contributed by atoms with van der Waals surface area (Å²) in [6.45, 7) is 12.9. The van der Waals surface area contributed by atoms with E-state index in [0.717, 1.165) is 48.4 Å². The Bertz CT molecular complexity index is 1070. The first-order chi connectivity index (χ1) is 15.9. The summed E-state index contributed by atoms with van der Waals surface area (Å²) in [5.41, 5.74) is 11.1. The summed E-state index contributed by atoms with van der Waals surface area (Å²) in [7, 11) is 0. The van der Waals surface area contributed by atoms with Crippen molar-refractivity contribution in [3.8, 4) is 0 Å². The topological polar surface area (TPSA) is 37.6 Å². The number of nitrogens with zero attached hydrogens (tertiary/aromatic N) is 3. The molecule has 0 aliphatic carbocycles. The molecule has 0 bridgehead atoms. The zero-order valence-electron chi connectivity index (χ0n) is 21.8. The zero-order chi connectivity index (χ0) is 24.0. The second-order valence-electron chi connectivity index (χ2n) is 8.43. The van der Waals surface area contributed by atoms with Gasteiger partial charge in [0, 0.05) is 5.02 Å². The molecule has 0 N–H and O–H groups in total. The van der Waals surface area contributed by atoms with Gasteiger partial charge in [-0.1, -0.05) is 74.7 Å². The molecule has 0 saturated carbocycles. The fourth-order valence-electron chi connectivity index (χ4n) is 4.21. The molecule has 2 aromatic carbocycles. The van der Waals surface area contributed by atoms with Gasteiger partial charge < -0.3 is 24.8 Å². The maximum atomic E-state index is 6.43. The Balaban J connectivity index is 0.00000408. The van der Waals surface area contributed by atoms with Crippen LogP contribution in [0.5, 0.6) is 0 Å². The number of hydrogen-bond acceptors (Lipinski definition) is 3. The van der Waals surface area contributed by atoms with Gasteiger partial charge in [0.1, 0.15) is 0 Å². The Morgan fingerprint density at radius 3 is 1.22 bits per heavy atom. The second-order valence-corrected chi connectivity index (χ2v) is 8.87. The molecule has 0 fully saturated rings. The molecule has 0 atom stereocenters. The molecule has 3 rings (SSSR count). The Morgan fingerprint density at radius 2 is 0.944 bits per heavy atom. The number of hydrogen-bond donors (Lipinski definition) is 0. The fraction of sp³-hybridized carbons (Fsp3) is 0.345. The number of aryl methyl sites for hydroxylation is 6. The SMILES string of the molecule is CCc1cc(C)cc(CC)c1N=Cc1cc(Cl)cc(C=Nc2c(CC)cc(C)cc2CC)n1.[Cl-].[Cl-].[Fe+2]. The smallest absolute Gasteiger partial charge is 1.00 e. The van der Waals surface area contributed by atoms with Crippen molar-refractivity contribution in [2.75, 3.05) is 0 Å². The van der Waals surface area contributed by atoms with Gasteiger partial charge in [0.25, 0.3) is 0 Å². The van der Waals surface area contributed by atoms with Crippen LogP contribution in [-0.4, -0.2) is 17.4 Å². The molecule has 1 aromatic heterocycles. The molecule has 194 valence electrons. The van der Waals surface area contributed by atoms with Crippen LogP contribution in [0.25, 0.3) is 0 Å². The number of halogens is 3. The fourth-order valence-corrected chi connectivity index (χ4v) is 4.43. The third-order valence-electron chi connectivity index (χ3n) is 5.83. The van der Waals surface area contributed by atoms with Crippen LogP contribution in [0.15, 0.2) is 46.4 Å². The molecule has 0 aliphatic heterocycles. The Labute approximate surface area is 244 Å². The summed E-state index contributed by atoms with van der Waals surface area (Å²) in [6, 6.07) is 12.5. The average molecular weight is 587 g/mol. The maximum Gasteiger partial charge on any atom is 2.00 e. The molecule has 0 saturated heterocycles. The van der Waals surface area contributed by atoms with Crippen molar-refractivity contribution in [3.05, 3.63) is 86.2 Å². The molecule has 0 radical (unpaired) electrons. The minimum Gasteiger partial charge on any atom is -1.00 e. The molecule has 36 heavy (non-hydrogen) atoms. The van der Waals surface area contributed by atoms with Crippen molar-refractivity contribution >= 4 is 35.4 Å². The molecule has 1 heterocycles. The van der Waals surface area contributed by atoms with Gasteiger partial charge in [-0.2, -0.15) is 0 Å². The summed E-state index contributed by atoms with van der Waals surface area (Å²) >= 11 is 6.43. The van der Waals surface area contributed by atoms with Crippen molar-refractivity contribution in [2.24, 2.45) is 9.98 Å². The minimum absolute atomic E-state index is 0. The third-order valence-corrected chi connectivity index (χ3v) is 6.05. The van der Waals surface area contributed by atoms with E-state index in [-0.39, 0.29) is 41.9 Å². The third kappa shape index (κ3) is 8.71. The van der Waals surface area contributed by atoms with Gasteiger partial charge in [-0.3, -0.25) is 9.98 Å². The predicted molar refractivity (Wildman–Crippen MR) is 144 cm³/mol.